The van der Waals surface area contributed by atoms with Crippen LogP contribution in [0.2, 0.25) is 0 Å². The molecule has 1 aromatic rings. The summed E-state index contributed by atoms with van der Waals surface area (Å²) >= 11 is 6.12. The summed E-state index contributed by atoms with van der Waals surface area (Å²) in [5, 5.41) is 2.24. The molecule has 0 aliphatic carbocycles. The van der Waals surface area contributed by atoms with Crippen LogP contribution in [0.4, 0.5) is 0 Å². The summed E-state index contributed by atoms with van der Waals surface area (Å²) in [7, 11) is 0. The lowest BCUT2D eigenvalue weighted by molar-refractivity contribution is -0.122. The van der Waals surface area contributed by atoms with Crippen molar-refractivity contribution in [1.82, 2.24) is 5.32 Å². The number of nitrogens with one attached hydrogen (secondary N) is 1. The quantitative estimate of drug-likeness (QED) is 0.789. The number of hydrogen-bond donors (Lipinski definition) is 1. The van der Waals surface area contributed by atoms with E-state index in [1.165, 1.54) is 0 Å². The first-order valence-electron chi connectivity index (χ1n) is 5.32. The SMILES string of the molecule is Cc1cccc(C(Cl)C(=O)NC(C)(C)C)c1. The minimum absolute atomic E-state index is 0.153. The van der Waals surface area contributed by atoms with Crippen molar-refractivity contribution < 1.29 is 4.79 Å². The molecule has 88 valence electrons. The highest BCUT2D eigenvalue weighted by atomic mass is 35.5. The van der Waals surface area contributed by atoms with Gasteiger partial charge in [-0.05, 0) is 33.3 Å². The van der Waals surface area contributed by atoms with Crippen LogP contribution in [0, 0.1) is 6.92 Å². The summed E-state index contributed by atoms with van der Waals surface area (Å²) in [5.41, 5.74) is 1.68. The van der Waals surface area contributed by atoms with E-state index in [1.54, 1.807) is 0 Å². The van der Waals surface area contributed by atoms with Crippen molar-refractivity contribution in [2.45, 2.75) is 38.6 Å². The molecule has 3 heteroatoms. The molecule has 16 heavy (non-hydrogen) atoms. The van der Waals surface area contributed by atoms with Gasteiger partial charge in [0.2, 0.25) is 5.91 Å². The maximum Gasteiger partial charge on any atom is 0.242 e. The van der Waals surface area contributed by atoms with Crippen LogP contribution in [-0.2, 0) is 4.79 Å². The molecule has 2 nitrogen and oxygen atoms in total. The van der Waals surface area contributed by atoms with Crippen molar-refractivity contribution in [1.29, 1.82) is 0 Å². The second-order valence-corrected chi connectivity index (χ2v) is 5.45. The third kappa shape index (κ3) is 3.86. The highest BCUT2D eigenvalue weighted by molar-refractivity contribution is 6.30. The molecule has 0 aromatic heterocycles. The van der Waals surface area contributed by atoms with Crippen LogP contribution in [0.1, 0.15) is 37.3 Å². The van der Waals surface area contributed by atoms with E-state index >= 15 is 0 Å². The fraction of sp³-hybridized carbons (Fsp3) is 0.462. The van der Waals surface area contributed by atoms with Crippen LogP contribution in [0.3, 0.4) is 0 Å². The third-order valence-electron chi connectivity index (χ3n) is 2.06. The predicted octanol–water partition coefficient (Wildman–Crippen LogP) is 3.19. The molecule has 0 radical (unpaired) electrons. The molecule has 0 fully saturated rings. The molecular weight excluding hydrogens is 222 g/mol. The molecule has 1 aromatic carbocycles. The van der Waals surface area contributed by atoms with Gasteiger partial charge in [0.15, 0.2) is 0 Å². The summed E-state index contributed by atoms with van der Waals surface area (Å²) in [4.78, 5) is 11.8. The molecule has 1 amide bonds. The van der Waals surface area contributed by atoms with E-state index in [9.17, 15) is 4.79 Å². The molecule has 0 aliphatic rings. The largest absolute Gasteiger partial charge is 0.350 e. The van der Waals surface area contributed by atoms with E-state index in [2.05, 4.69) is 5.32 Å². The highest BCUT2D eigenvalue weighted by Crippen LogP contribution is 2.22. The maximum atomic E-state index is 11.8. The second-order valence-electron chi connectivity index (χ2n) is 5.02. The number of halogens is 1. The Balaban J connectivity index is 2.78. The lowest BCUT2D eigenvalue weighted by Gasteiger charge is -2.22. The Morgan fingerprint density at radius 3 is 2.50 bits per heavy atom. The Labute approximate surface area is 102 Å². The highest BCUT2D eigenvalue weighted by Gasteiger charge is 2.22. The van der Waals surface area contributed by atoms with E-state index in [4.69, 9.17) is 11.6 Å². The fourth-order valence-electron chi connectivity index (χ4n) is 1.41. The molecule has 1 unspecified atom stereocenters. The number of benzene rings is 1. The van der Waals surface area contributed by atoms with Gasteiger partial charge >= 0.3 is 0 Å². The Morgan fingerprint density at radius 2 is 2.00 bits per heavy atom. The fourth-order valence-corrected chi connectivity index (χ4v) is 1.60. The van der Waals surface area contributed by atoms with E-state index in [0.29, 0.717) is 0 Å². The van der Waals surface area contributed by atoms with Crippen LogP contribution >= 0.6 is 11.6 Å². The predicted molar refractivity (Wildman–Crippen MR) is 67.7 cm³/mol. The normalized spacial score (nSPS) is 13.3. The topological polar surface area (TPSA) is 29.1 Å². The van der Waals surface area contributed by atoms with Gasteiger partial charge in [-0.15, -0.1) is 11.6 Å². The number of alkyl halides is 1. The minimum atomic E-state index is -0.626. The summed E-state index contributed by atoms with van der Waals surface area (Å²) in [6.45, 7) is 7.79. The van der Waals surface area contributed by atoms with Gasteiger partial charge in [0.25, 0.3) is 0 Å². The van der Waals surface area contributed by atoms with Gasteiger partial charge in [-0.1, -0.05) is 29.8 Å². The molecule has 0 bridgehead atoms. The Morgan fingerprint density at radius 1 is 1.38 bits per heavy atom. The van der Waals surface area contributed by atoms with Crippen molar-refractivity contribution in [3.05, 3.63) is 35.4 Å². The van der Waals surface area contributed by atoms with E-state index < -0.39 is 5.38 Å². The van der Waals surface area contributed by atoms with Crippen LogP contribution in [-0.4, -0.2) is 11.4 Å². The maximum absolute atomic E-state index is 11.8. The first kappa shape index (κ1) is 13.0. The molecule has 0 aliphatic heterocycles. The first-order valence-corrected chi connectivity index (χ1v) is 5.76. The van der Waals surface area contributed by atoms with Gasteiger partial charge in [0.1, 0.15) is 5.38 Å². The molecule has 1 N–H and O–H groups in total. The molecule has 1 atom stereocenters. The number of rotatable bonds is 2. The van der Waals surface area contributed by atoms with Crippen molar-refractivity contribution >= 4 is 17.5 Å². The lowest BCUT2D eigenvalue weighted by atomic mass is 10.1. The van der Waals surface area contributed by atoms with E-state index in [-0.39, 0.29) is 11.4 Å². The van der Waals surface area contributed by atoms with Crippen LogP contribution in [0.25, 0.3) is 0 Å². The second kappa shape index (κ2) is 4.88. The first-order chi connectivity index (χ1) is 7.29. The van der Waals surface area contributed by atoms with Gasteiger partial charge in [-0.2, -0.15) is 0 Å². The summed E-state index contributed by atoms with van der Waals surface area (Å²) in [6.07, 6.45) is 0. The average Bonchev–Trinajstić information content (AvgIpc) is 2.14. The third-order valence-corrected chi connectivity index (χ3v) is 2.51. The van der Waals surface area contributed by atoms with Gasteiger partial charge in [0.05, 0.1) is 0 Å². The monoisotopic (exact) mass is 239 g/mol. The van der Waals surface area contributed by atoms with Crippen molar-refractivity contribution in [2.75, 3.05) is 0 Å². The van der Waals surface area contributed by atoms with Gasteiger partial charge in [-0.3, -0.25) is 4.79 Å². The number of hydrogen-bond acceptors (Lipinski definition) is 1. The summed E-state index contributed by atoms with van der Waals surface area (Å²) < 4.78 is 0. The zero-order chi connectivity index (χ0) is 12.3. The number of amides is 1. The van der Waals surface area contributed by atoms with Gasteiger partial charge < -0.3 is 5.32 Å². The van der Waals surface area contributed by atoms with Crippen LogP contribution < -0.4 is 5.32 Å². The van der Waals surface area contributed by atoms with Crippen molar-refractivity contribution in [3.63, 3.8) is 0 Å². The smallest absolute Gasteiger partial charge is 0.242 e. The number of carbonyl (C=O) groups excluding carboxylic acids is 1. The molecule has 0 saturated heterocycles. The lowest BCUT2D eigenvalue weighted by Crippen LogP contribution is -2.42. The molecule has 1 rings (SSSR count). The van der Waals surface area contributed by atoms with Crippen LogP contribution in [0.15, 0.2) is 24.3 Å². The van der Waals surface area contributed by atoms with Crippen molar-refractivity contribution in [2.24, 2.45) is 0 Å². The average molecular weight is 240 g/mol. The van der Waals surface area contributed by atoms with Crippen molar-refractivity contribution in [3.8, 4) is 0 Å². The zero-order valence-corrected chi connectivity index (χ0v) is 10.9. The Hall–Kier alpha value is -1.02. The molecule has 0 spiro atoms. The zero-order valence-electron chi connectivity index (χ0n) is 10.2. The summed E-state index contributed by atoms with van der Waals surface area (Å²) in [6, 6.07) is 7.69. The van der Waals surface area contributed by atoms with E-state index in [1.807, 2.05) is 52.0 Å². The number of carbonyl (C=O) groups is 1. The molecular formula is C13H18ClNO. The van der Waals surface area contributed by atoms with Gasteiger partial charge in [-0.25, -0.2) is 0 Å². The summed E-state index contributed by atoms with van der Waals surface area (Å²) in [5.74, 6) is -0.153. The minimum Gasteiger partial charge on any atom is -0.350 e. The number of aryl methyl sites for hydroxylation is 1. The van der Waals surface area contributed by atoms with Crippen LogP contribution in [0.5, 0.6) is 0 Å². The Kier molecular flexibility index (Phi) is 3.98. The molecule has 0 saturated carbocycles. The van der Waals surface area contributed by atoms with E-state index in [0.717, 1.165) is 11.1 Å². The van der Waals surface area contributed by atoms with Gasteiger partial charge in [0, 0.05) is 5.54 Å². The Bertz CT molecular complexity index is 382. The molecule has 0 heterocycles. The standard InChI is InChI=1S/C13H18ClNO/c1-9-6-5-7-10(8-9)11(14)12(16)15-13(2,3)4/h5-8,11H,1-4H3,(H,15,16).